The largest absolute Gasteiger partial charge is 0.493 e. The van der Waals surface area contributed by atoms with Gasteiger partial charge in [0.25, 0.3) is 5.91 Å². The van der Waals surface area contributed by atoms with E-state index in [2.05, 4.69) is 0 Å². The molecule has 0 bridgehead atoms. The Morgan fingerprint density at radius 3 is 2.72 bits per heavy atom. The molecular weight excluding hydrogens is 318 g/mol. The van der Waals surface area contributed by atoms with Gasteiger partial charge in [0.2, 0.25) is 6.79 Å². The third-order valence-corrected chi connectivity index (χ3v) is 4.97. The molecule has 0 aromatic heterocycles. The van der Waals surface area contributed by atoms with Gasteiger partial charge in [-0.2, -0.15) is 0 Å². The Labute approximate surface area is 146 Å². The molecule has 2 aromatic rings. The van der Waals surface area contributed by atoms with E-state index in [0.717, 1.165) is 53.2 Å². The fourth-order valence-corrected chi connectivity index (χ4v) is 3.47. The summed E-state index contributed by atoms with van der Waals surface area (Å²) in [4.78, 5) is 15.1. The van der Waals surface area contributed by atoms with Gasteiger partial charge >= 0.3 is 0 Å². The van der Waals surface area contributed by atoms with Crippen molar-refractivity contribution in [3.63, 3.8) is 0 Å². The van der Waals surface area contributed by atoms with Gasteiger partial charge in [-0.15, -0.1) is 0 Å². The molecule has 0 N–H and O–H groups in total. The number of rotatable bonds is 4. The number of carbonyl (C=O) groups is 1. The number of hydrogen-bond donors (Lipinski definition) is 0. The van der Waals surface area contributed by atoms with E-state index in [1.807, 2.05) is 41.3 Å². The molecule has 2 aliphatic heterocycles. The molecule has 1 fully saturated rings. The number of amides is 1. The Balaban J connectivity index is 1.40. The Morgan fingerprint density at radius 1 is 1.00 bits per heavy atom. The maximum atomic E-state index is 13.1. The van der Waals surface area contributed by atoms with Gasteiger partial charge in [0, 0.05) is 24.6 Å². The highest BCUT2D eigenvalue weighted by Crippen LogP contribution is 2.35. The summed E-state index contributed by atoms with van der Waals surface area (Å²) in [5, 5.41) is 0. The van der Waals surface area contributed by atoms with Crippen LogP contribution in [0.2, 0.25) is 0 Å². The first-order valence-corrected chi connectivity index (χ1v) is 8.73. The van der Waals surface area contributed by atoms with Crippen molar-refractivity contribution in [3.05, 3.63) is 53.1 Å². The SMILES string of the molecule is O=C(c1ccc2c(c1)CCO2)N(Cc1ccc2c(c1)OCO2)C1CC1. The predicted octanol–water partition coefficient (Wildman–Crippen LogP) is 3.16. The average molecular weight is 337 g/mol. The Bertz CT molecular complexity index is 844. The summed E-state index contributed by atoms with van der Waals surface area (Å²) in [5.74, 6) is 2.53. The summed E-state index contributed by atoms with van der Waals surface area (Å²) in [7, 11) is 0. The summed E-state index contributed by atoms with van der Waals surface area (Å²) in [6, 6.07) is 12.0. The van der Waals surface area contributed by atoms with Crippen molar-refractivity contribution >= 4 is 5.91 Å². The summed E-state index contributed by atoms with van der Waals surface area (Å²) in [6.07, 6.45) is 3.02. The second kappa shape index (κ2) is 5.69. The van der Waals surface area contributed by atoms with Crippen LogP contribution >= 0.6 is 0 Å². The maximum Gasteiger partial charge on any atom is 0.254 e. The van der Waals surface area contributed by atoms with Crippen LogP contribution in [-0.4, -0.2) is 30.2 Å². The van der Waals surface area contributed by atoms with Crippen molar-refractivity contribution in [1.29, 1.82) is 0 Å². The molecule has 2 heterocycles. The van der Waals surface area contributed by atoms with E-state index in [4.69, 9.17) is 14.2 Å². The van der Waals surface area contributed by atoms with Crippen LogP contribution in [-0.2, 0) is 13.0 Å². The van der Waals surface area contributed by atoms with Crippen LogP contribution in [0, 0.1) is 0 Å². The molecular formula is C20H19NO4. The molecule has 0 saturated heterocycles. The van der Waals surface area contributed by atoms with E-state index < -0.39 is 0 Å². The molecule has 0 unspecified atom stereocenters. The quantitative estimate of drug-likeness (QED) is 0.860. The average Bonchev–Trinajstić information content (AvgIpc) is 3.18. The number of benzene rings is 2. The molecule has 2 aromatic carbocycles. The zero-order valence-corrected chi connectivity index (χ0v) is 13.9. The van der Waals surface area contributed by atoms with Crippen LogP contribution in [0.4, 0.5) is 0 Å². The number of ether oxygens (including phenoxy) is 3. The third-order valence-electron chi connectivity index (χ3n) is 4.97. The first-order chi connectivity index (χ1) is 12.3. The molecule has 0 spiro atoms. The standard InChI is InChI=1S/C20H19NO4/c22-20(15-2-6-17-14(10-15)7-8-23-17)21(16-3-4-16)11-13-1-5-18-19(9-13)25-12-24-18/h1-2,5-6,9-10,16H,3-4,7-8,11-12H2. The van der Waals surface area contributed by atoms with Crippen LogP contribution < -0.4 is 14.2 Å². The minimum absolute atomic E-state index is 0.0925. The van der Waals surface area contributed by atoms with Crippen LogP contribution in [0.5, 0.6) is 17.2 Å². The van der Waals surface area contributed by atoms with Crippen molar-refractivity contribution in [2.24, 2.45) is 0 Å². The summed E-state index contributed by atoms with van der Waals surface area (Å²) in [5.41, 5.74) is 2.94. The van der Waals surface area contributed by atoms with E-state index in [1.54, 1.807) is 0 Å². The molecule has 3 aliphatic rings. The summed E-state index contributed by atoms with van der Waals surface area (Å²) < 4.78 is 16.4. The highest BCUT2D eigenvalue weighted by Gasteiger charge is 2.33. The molecule has 1 aliphatic carbocycles. The van der Waals surface area contributed by atoms with E-state index in [1.165, 1.54) is 0 Å². The topological polar surface area (TPSA) is 48.0 Å². The number of fused-ring (bicyclic) bond motifs is 2. The van der Waals surface area contributed by atoms with Crippen LogP contribution in [0.25, 0.3) is 0 Å². The van der Waals surface area contributed by atoms with Gasteiger partial charge in [0.15, 0.2) is 11.5 Å². The lowest BCUT2D eigenvalue weighted by Crippen LogP contribution is -2.32. The lowest BCUT2D eigenvalue weighted by atomic mass is 10.1. The van der Waals surface area contributed by atoms with Crippen LogP contribution in [0.15, 0.2) is 36.4 Å². The molecule has 0 radical (unpaired) electrons. The zero-order chi connectivity index (χ0) is 16.8. The fourth-order valence-electron chi connectivity index (χ4n) is 3.47. The third kappa shape index (κ3) is 2.69. The highest BCUT2D eigenvalue weighted by atomic mass is 16.7. The van der Waals surface area contributed by atoms with Crippen molar-refractivity contribution < 1.29 is 19.0 Å². The van der Waals surface area contributed by atoms with E-state index in [0.29, 0.717) is 19.2 Å². The lowest BCUT2D eigenvalue weighted by molar-refractivity contribution is 0.0729. The molecule has 128 valence electrons. The minimum atomic E-state index is 0.0925. The van der Waals surface area contributed by atoms with Gasteiger partial charge in [-0.25, -0.2) is 0 Å². The predicted molar refractivity (Wildman–Crippen MR) is 91.1 cm³/mol. The van der Waals surface area contributed by atoms with Gasteiger partial charge in [-0.05, 0) is 54.3 Å². The Kier molecular flexibility index (Phi) is 3.33. The van der Waals surface area contributed by atoms with Gasteiger partial charge < -0.3 is 19.1 Å². The number of carbonyl (C=O) groups excluding carboxylic acids is 1. The first kappa shape index (κ1) is 14.6. The fraction of sp³-hybridized carbons (Fsp3) is 0.350. The molecule has 1 saturated carbocycles. The maximum absolute atomic E-state index is 13.1. The molecule has 5 rings (SSSR count). The number of nitrogens with zero attached hydrogens (tertiary/aromatic N) is 1. The normalized spacial score (nSPS) is 17.1. The van der Waals surface area contributed by atoms with Crippen molar-refractivity contribution in [2.45, 2.75) is 31.8 Å². The molecule has 0 atom stereocenters. The van der Waals surface area contributed by atoms with Crippen molar-refractivity contribution in [1.82, 2.24) is 4.90 Å². The lowest BCUT2D eigenvalue weighted by Gasteiger charge is -2.23. The molecule has 25 heavy (non-hydrogen) atoms. The molecule has 5 nitrogen and oxygen atoms in total. The van der Waals surface area contributed by atoms with Gasteiger partial charge in [0.05, 0.1) is 6.61 Å². The van der Waals surface area contributed by atoms with Gasteiger partial charge in [-0.3, -0.25) is 4.79 Å². The summed E-state index contributed by atoms with van der Waals surface area (Å²) >= 11 is 0. The van der Waals surface area contributed by atoms with Gasteiger partial charge in [-0.1, -0.05) is 6.07 Å². The smallest absolute Gasteiger partial charge is 0.254 e. The zero-order valence-electron chi connectivity index (χ0n) is 13.9. The Morgan fingerprint density at radius 2 is 1.84 bits per heavy atom. The van der Waals surface area contributed by atoms with Gasteiger partial charge in [0.1, 0.15) is 5.75 Å². The van der Waals surface area contributed by atoms with Crippen molar-refractivity contribution in [3.8, 4) is 17.2 Å². The van der Waals surface area contributed by atoms with E-state index >= 15 is 0 Å². The monoisotopic (exact) mass is 337 g/mol. The second-order valence-electron chi connectivity index (χ2n) is 6.77. The van der Waals surface area contributed by atoms with Crippen molar-refractivity contribution in [2.75, 3.05) is 13.4 Å². The Hall–Kier alpha value is -2.69. The van der Waals surface area contributed by atoms with E-state index in [9.17, 15) is 4.79 Å². The first-order valence-electron chi connectivity index (χ1n) is 8.73. The molecule has 5 heteroatoms. The number of hydrogen-bond acceptors (Lipinski definition) is 4. The van der Waals surface area contributed by atoms with Crippen LogP contribution in [0.1, 0.15) is 34.3 Å². The molecule has 1 amide bonds. The van der Waals surface area contributed by atoms with Crippen LogP contribution in [0.3, 0.4) is 0 Å². The minimum Gasteiger partial charge on any atom is -0.493 e. The highest BCUT2D eigenvalue weighted by molar-refractivity contribution is 5.95. The van der Waals surface area contributed by atoms with E-state index in [-0.39, 0.29) is 12.7 Å². The summed E-state index contributed by atoms with van der Waals surface area (Å²) in [6.45, 7) is 1.56. The second-order valence-corrected chi connectivity index (χ2v) is 6.77.